The highest BCUT2D eigenvalue weighted by Crippen LogP contribution is 2.13. The molecule has 174 valence electrons. The third kappa shape index (κ3) is 9.53. The number of amides is 3. The molecule has 0 atom stereocenters. The summed E-state index contributed by atoms with van der Waals surface area (Å²) < 4.78 is 5.37. The first-order chi connectivity index (χ1) is 15.9. The minimum atomic E-state index is -0.446. The van der Waals surface area contributed by atoms with E-state index < -0.39 is 11.8 Å². The van der Waals surface area contributed by atoms with Gasteiger partial charge in [0, 0.05) is 23.7 Å². The van der Waals surface area contributed by atoms with Crippen molar-refractivity contribution in [3.05, 3.63) is 65.7 Å². The SMILES string of the molecule is CCCCC(=O)Nc1ccc(C(=O)NNC(=S)NC(=O)/C=C/c2ccc(OCC)cc2)cc1. The van der Waals surface area contributed by atoms with Gasteiger partial charge in [0.15, 0.2) is 5.11 Å². The number of carbonyl (C=O) groups excluding carboxylic acids is 3. The number of nitrogens with one attached hydrogen (secondary N) is 4. The van der Waals surface area contributed by atoms with E-state index in [0.29, 0.717) is 24.3 Å². The Kier molecular flexibility index (Phi) is 10.6. The Morgan fingerprint density at radius 1 is 0.970 bits per heavy atom. The molecule has 0 aliphatic carbocycles. The number of ether oxygens (including phenoxy) is 1. The number of anilines is 1. The molecule has 4 N–H and O–H groups in total. The summed E-state index contributed by atoms with van der Waals surface area (Å²) >= 11 is 5.02. The van der Waals surface area contributed by atoms with E-state index in [1.807, 2.05) is 38.1 Å². The van der Waals surface area contributed by atoms with E-state index in [1.165, 1.54) is 6.08 Å². The molecule has 0 heterocycles. The average Bonchev–Trinajstić information content (AvgIpc) is 2.81. The van der Waals surface area contributed by atoms with E-state index >= 15 is 0 Å². The van der Waals surface area contributed by atoms with Gasteiger partial charge in [0.25, 0.3) is 5.91 Å². The molecule has 0 radical (unpaired) electrons. The fourth-order valence-electron chi connectivity index (χ4n) is 2.65. The highest BCUT2D eigenvalue weighted by Gasteiger charge is 2.08. The number of unbranched alkanes of at least 4 members (excludes halogenated alkanes) is 1. The van der Waals surface area contributed by atoms with Crippen molar-refractivity contribution < 1.29 is 19.1 Å². The molecule has 0 aliphatic heterocycles. The molecule has 0 saturated carbocycles. The van der Waals surface area contributed by atoms with E-state index in [2.05, 4.69) is 21.5 Å². The molecular weight excluding hydrogens is 440 g/mol. The Labute approximate surface area is 198 Å². The summed E-state index contributed by atoms with van der Waals surface area (Å²) in [5.41, 5.74) is 6.69. The maximum atomic E-state index is 12.2. The van der Waals surface area contributed by atoms with Crippen molar-refractivity contribution in [2.45, 2.75) is 33.1 Å². The molecule has 3 amide bonds. The van der Waals surface area contributed by atoms with E-state index in [9.17, 15) is 14.4 Å². The summed E-state index contributed by atoms with van der Waals surface area (Å²) in [7, 11) is 0. The van der Waals surface area contributed by atoms with Crippen molar-refractivity contribution in [3.63, 3.8) is 0 Å². The molecule has 9 heteroatoms. The summed E-state index contributed by atoms with van der Waals surface area (Å²) in [6, 6.07) is 13.7. The second kappa shape index (κ2) is 13.6. The minimum Gasteiger partial charge on any atom is -0.494 e. The van der Waals surface area contributed by atoms with Crippen molar-refractivity contribution in [1.29, 1.82) is 0 Å². The lowest BCUT2D eigenvalue weighted by Crippen LogP contribution is -2.48. The molecule has 0 aromatic heterocycles. The summed E-state index contributed by atoms with van der Waals surface area (Å²) in [4.78, 5) is 36.0. The predicted molar refractivity (Wildman–Crippen MR) is 133 cm³/mol. The quantitative estimate of drug-likeness (QED) is 0.255. The first-order valence-electron chi connectivity index (χ1n) is 10.6. The van der Waals surface area contributed by atoms with Crippen molar-refractivity contribution in [2.75, 3.05) is 11.9 Å². The Morgan fingerprint density at radius 2 is 1.67 bits per heavy atom. The van der Waals surface area contributed by atoms with Gasteiger partial charge in [-0.05, 0) is 73.6 Å². The van der Waals surface area contributed by atoms with Gasteiger partial charge in [0.05, 0.1) is 6.61 Å². The molecule has 8 nitrogen and oxygen atoms in total. The number of hydrazine groups is 1. The highest BCUT2D eigenvalue weighted by molar-refractivity contribution is 7.80. The fraction of sp³-hybridized carbons (Fsp3) is 0.250. The second-order valence-electron chi connectivity index (χ2n) is 6.96. The van der Waals surface area contributed by atoms with Crippen LogP contribution in [0.15, 0.2) is 54.6 Å². The number of hydrogen-bond acceptors (Lipinski definition) is 5. The number of rotatable bonds is 9. The molecule has 0 aliphatic rings. The van der Waals surface area contributed by atoms with Gasteiger partial charge in [-0.1, -0.05) is 25.5 Å². The van der Waals surface area contributed by atoms with Gasteiger partial charge in [-0.25, -0.2) is 0 Å². The summed E-state index contributed by atoms with van der Waals surface area (Å²) in [6.45, 7) is 4.51. The summed E-state index contributed by atoms with van der Waals surface area (Å²) in [5, 5.41) is 5.17. The monoisotopic (exact) mass is 468 g/mol. The van der Waals surface area contributed by atoms with Crippen molar-refractivity contribution in [3.8, 4) is 5.75 Å². The van der Waals surface area contributed by atoms with Gasteiger partial charge < -0.3 is 10.1 Å². The first-order valence-corrected chi connectivity index (χ1v) is 11.0. The van der Waals surface area contributed by atoms with Crippen LogP contribution in [0.5, 0.6) is 5.75 Å². The molecule has 0 spiro atoms. The zero-order valence-electron chi connectivity index (χ0n) is 18.6. The first kappa shape index (κ1) is 25.5. The zero-order valence-corrected chi connectivity index (χ0v) is 19.5. The number of hydrogen-bond donors (Lipinski definition) is 4. The largest absolute Gasteiger partial charge is 0.494 e. The van der Waals surface area contributed by atoms with Crippen LogP contribution in [-0.4, -0.2) is 29.4 Å². The van der Waals surface area contributed by atoms with Gasteiger partial charge in [-0.3, -0.25) is 30.6 Å². The van der Waals surface area contributed by atoms with Crippen LogP contribution < -0.4 is 26.2 Å². The van der Waals surface area contributed by atoms with Gasteiger partial charge in [0.2, 0.25) is 11.8 Å². The van der Waals surface area contributed by atoms with Crippen LogP contribution in [-0.2, 0) is 9.59 Å². The van der Waals surface area contributed by atoms with Gasteiger partial charge in [0.1, 0.15) is 5.75 Å². The summed E-state index contributed by atoms with van der Waals surface area (Å²) in [6.07, 6.45) is 5.20. The predicted octanol–water partition coefficient (Wildman–Crippen LogP) is 3.56. The normalized spacial score (nSPS) is 10.4. The Balaban J connectivity index is 1.76. The average molecular weight is 469 g/mol. The number of benzene rings is 2. The third-order valence-electron chi connectivity index (χ3n) is 4.33. The van der Waals surface area contributed by atoms with Gasteiger partial charge >= 0.3 is 0 Å². The second-order valence-corrected chi connectivity index (χ2v) is 7.37. The van der Waals surface area contributed by atoms with Crippen LogP contribution >= 0.6 is 12.2 Å². The molecule has 0 saturated heterocycles. The molecular formula is C24H28N4O4S. The minimum absolute atomic E-state index is 0.0514. The Hall–Kier alpha value is -3.72. The van der Waals surface area contributed by atoms with Crippen LogP contribution in [0.25, 0.3) is 6.08 Å². The van der Waals surface area contributed by atoms with E-state index in [-0.39, 0.29) is 11.0 Å². The smallest absolute Gasteiger partial charge is 0.269 e. The van der Waals surface area contributed by atoms with Crippen LogP contribution in [0.3, 0.4) is 0 Å². The molecule has 0 unspecified atom stereocenters. The number of carbonyl (C=O) groups is 3. The molecule has 0 bridgehead atoms. The van der Waals surface area contributed by atoms with Crippen LogP contribution in [0, 0.1) is 0 Å². The third-order valence-corrected chi connectivity index (χ3v) is 4.54. The molecule has 33 heavy (non-hydrogen) atoms. The highest BCUT2D eigenvalue weighted by atomic mass is 32.1. The fourth-order valence-corrected chi connectivity index (χ4v) is 2.80. The lowest BCUT2D eigenvalue weighted by atomic mass is 10.2. The lowest BCUT2D eigenvalue weighted by molar-refractivity contribution is -0.116. The molecule has 2 aromatic rings. The topological polar surface area (TPSA) is 109 Å². The Bertz CT molecular complexity index is 989. The maximum absolute atomic E-state index is 12.2. The van der Waals surface area contributed by atoms with Gasteiger partial charge in [-0.15, -0.1) is 0 Å². The Morgan fingerprint density at radius 3 is 2.30 bits per heavy atom. The molecule has 2 rings (SSSR count). The van der Waals surface area contributed by atoms with E-state index in [1.54, 1.807) is 30.3 Å². The van der Waals surface area contributed by atoms with E-state index in [0.717, 1.165) is 24.2 Å². The van der Waals surface area contributed by atoms with Crippen LogP contribution in [0.2, 0.25) is 0 Å². The summed E-state index contributed by atoms with van der Waals surface area (Å²) in [5.74, 6) is -0.195. The molecule has 2 aromatic carbocycles. The lowest BCUT2D eigenvalue weighted by Gasteiger charge is -2.10. The van der Waals surface area contributed by atoms with Crippen LogP contribution in [0.1, 0.15) is 49.0 Å². The van der Waals surface area contributed by atoms with E-state index in [4.69, 9.17) is 17.0 Å². The van der Waals surface area contributed by atoms with Gasteiger partial charge in [-0.2, -0.15) is 0 Å². The van der Waals surface area contributed by atoms with Crippen molar-refractivity contribution >= 4 is 46.8 Å². The standard InChI is InChI=1S/C24H28N4O4S/c1-3-5-6-21(29)25-19-12-10-18(11-13-19)23(31)27-28-24(33)26-22(30)16-9-17-7-14-20(15-8-17)32-4-2/h7-16H,3-6H2,1-2H3,(H,25,29)(H,27,31)(H2,26,28,30,33)/b16-9+. The van der Waals surface area contributed by atoms with Crippen molar-refractivity contribution in [1.82, 2.24) is 16.2 Å². The van der Waals surface area contributed by atoms with Crippen LogP contribution in [0.4, 0.5) is 5.69 Å². The number of thiocarbonyl (C=S) groups is 1. The van der Waals surface area contributed by atoms with Crippen molar-refractivity contribution in [2.24, 2.45) is 0 Å². The molecule has 0 fully saturated rings. The maximum Gasteiger partial charge on any atom is 0.269 e. The zero-order chi connectivity index (χ0) is 24.1.